The summed E-state index contributed by atoms with van der Waals surface area (Å²) in [5.74, 6) is 0.0543. The molecule has 0 N–H and O–H groups in total. The Morgan fingerprint density at radius 2 is 1.70 bits per heavy atom. The number of rotatable bonds is 7. The Kier molecular flexibility index (Phi) is 5.93. The van der Waals surface area contributed by atoms with Gasteiger partial charge in [-0.05, 0) is 51.5 Å². The van der Waals surface area contributed by atoms with Gasteiger partial charge in [-0.2, -0.15) is 0 Å². The van der Waals surface area contributed by atoms with E-state index in [1.807, 2.05) is 17.6 Å². The van der Waals surface area contributed by atoms with Crippen LogP contribution in [-0.4, -0.2) is 44.4 Å². The number of imide groups is 1. The van der Waals surface area contributed by atoms with Crippen molar-refractivity contribution in [3.8, 4) is 5.75 Å². The molecule has 2 aromatic carbocycles. The molecule has 0 atom stereocenters. The van der Waals surface area contributed by atoms with Gasteiger partial charge >= 0.3 is 5.97 Å². The number of hydrogen-bond donors (Lipinski definition) is 0. The largest absolute Gasteiger partial charge is 0.482 e. The van der Waals surface area contributed by atoms with E-state index >= 15 is 0 Å². The summed E-state index contributed by atoms with van der Waals surface area (Å²) in [6.45, 7) is 7.98. The number of nitrogens with zero attached hydrogens (tertiary/aromatic N) is 3. The fourth-order valence-corrected chi connectivity index (χ4v) is 3.87. The summed E-state index contributed by atoms with van der Waals surface area (Å²) in [7, 11) is 0. The molecule has 1 aliphatic rings. The zero-order valence-electron chi connectivity index (χ0n) is 19.3. The van der Waals surface area contributed by atoms with Gasteiger partial charge in [-0.25, -0.2) is 9.78 Å². The van der Waals surface area contributed by atoms with E-state index in [2.05, 4.69) is 4.98 Å². The molecule has 1 aliphatic heterocycles. The summed E-state index contributed by atoms with van der Waals surface area (Å²) >= 11 is 0. The Balaban J connectivity index is 1.58. The number of fused-ring (bicyclic) bond motifs is 2. The SMILES string of the molecule is CCCn1c(CN2C(=O)c3ccccc3C2=O)nc2ccc(OCC(=O)OC(C)(C)C)cc21. The first-order chi connectivity index (χ1) is 15.7. The highest BCUT2D eigenvalue weighted by Gasteiger charge is 2.36. The van der Waals surface area contributed by atoms with Crippen molar-refractivity contribution in [2.75, 3.05) is 6.61 Å². The predicted octanol–water partition coefficient (Wildman–Crippen LogP) is 3.96. The maximum absolute atomic E-state index is 12.8. The van der Waals surface area contributed by atoms with E-state index in [4.69, 9.17) is 9.47 Å². The van der Waals surface area contributed by atoms with Crippen LogP contribution >= 0.6 is 0 Å². The summed E-state index contributed by atoms with van der Waals surface area (Å²) < 4.78 is 12.9. The van der Waals surface area contributed by atoms with Gasteiger partial charge in [0.2, 0.25) is 0 Å². The van der Waals surface area contributed by atoms with Crippen molar-refractivity contribution in [2.45, 2.75) is 52.8 Å². The van der Waals surface area contributed by atoms with E-state index < -0.39 is 11.6 Å². The standard InChI is InChI=1S/C25H27N3O5/c1-5-12-27-20-13-16(32-15-22(29)33-25(2,3)4)10-11-19(20)26-21(27)14-28-23(30)17-8-6-7-9-18(17)24(28)31/h6-11,13H,5,12,14-15H2,1-4H3. The van der Waals surface area contributed by atoms with Gasteiger partial charge in [-0.3, -0.25) is 14.5 Å². The molecule has 0 aliphatic carbocycles. The van der Waals surface area contributed by atoms with E-state index in [0.717, 1.165) is 17.5 Å². The van der Waals surface area contributed by atoms with Gasteiger partial charge in [0.1, 0.15) is 17.2 Å². The number of aryl methyl sites for hydroxylation is 1. The van der Waals surface area contributed by atoms with Crippen LogP contribution in [0.15, 0.2) is 42.5 Å². The molecule has 172 valence electrons. The van der Waals surface area contributed by atoms with Crippen molar-refractivity contribution in [1.82, 2.24) is 14.5 Å². The number of amides is 2. The van der Waals surface area contributed by atoms with Crippen LogP contribution in [0.2, 0.25) is 0 Å². The second-order valence-corrected chi connectivity index (χ2v) is 8.95. The molecular weight excluding hydrogens is 422 g/mol. The number of benzene rings is 2. The lowest BCUT2D eigenvalue weighted by molar-refractivity contribution is -0.157. The van der Waals surface area contributed by atoms with Crippen LogP contribution in [0.4, 0.5) is 0 Å². The number of esters is 1. The maximum atomic E-state index is 12.8. The second-order valence-electron chi connectivity index (χ2n) is 8.95. The zero-order chi connectivity index (χ0) is 23.8. The fraction of sp³-hybridized carbons (Fsp3) is 0.360. The highest BCUT2D eigenvalue weighted by molar-refractivity contribution is 6.21. The van der Waals surface area contributed by atoms with Crippen LogP contribution in [0, 0.1) is 0 Å². The highest BCUT2D eigenvalue weighted by Crippen LogP contribution is 2.27. The quantitative estimate of drug-likeness (QED) is 0.401. The molecule has 8 heteroatoms. The molecule has 0 saturated carbocycles. The average molecular weight is 450 g/mol. The van der Waals surface area contributed by atoms with Crippen LogP contribution in [0.25, 0.3) is 11.0 Å². The topological polar surface area (TPSA) is 90.7 Å². The van der Waals surface area contributed by atoms with E-state index in [1.165, 1.54) is 4.90 Å². The number of imidazole rings is 1. The molecule has 0 saturated heterocycles. The lowest BCUT2D eigenvalue weighted by Gasteiger charge is -2.19. The lowest BCUT2D eigenvalue weighted by Crippen LogP contribution is -2.30. The minimum absolute atomic E-state index is 0.0785. The molecule has 4 rings (SSSR count). The molecule has 8 nitrogen and oxygen atoms in total. The van der Waals surface area contributed by atoms with Crippen LogP contribution in [0.1, 0.15) is 60.7 Å². The molecule has 3 aromatic rings. The summed E-state index contributed by atoms with van der Waals surface area (Å²) in [4.78, 5) is 43.5. The molecule has 1 aromatic heterocycles. The minimum atomic E-state index is -0.580. The van der Waals surface area contributed by atoms with Crippen LogP contribution in [-0.2, 0) is 22.6 Å². The van der Waals surface area contributed by atoms with Crippen molar-refractivity contribution in [1.29, 1.82) is 0 Å². The summed E-state index contributed by atoms with van der Waals surface area (Å²) in [6.07, 6.45) is 0.837. The van der Waals surface area contributed by atoms with E-state index in [-0.39, 0.29) is 25.0 Å². The number of carbonyl (C=O) groups is 3. The zero-order valence-corrected chi connectivity index (χ0v) is 19.3. The highest BCUT2D eigenvalue weighted by atomic mass is 16.6. The summed E-state index contributed by atoms with van der Waals surface area (Å²) in [5, 5.41) is 0. The normalized spacial score (nSPS) is 13.5. The third-order valence-electron chi connectivity index (χ3n) is 5.20. The molecule has 0 unspecified atom stereocenters. The Hall–Kier alpha value is -3.68. The molecular formula is C25H27N3O5. The Bertz CT molecular complexity index is 1200. The van der Waals surface area contributed by atoms with Crippen LogP contribution < -0.4 is 4.74 Å². The first kappa shape index (κ1) is 22.5. The van der Waals surface area contributed by atoms with Gasteiger partial charge in [-0.15, -0.1) is 0 Å². The minimum Gasteiger partial charge on any atom is -0.482 e. The van der Waals surface area contributed by atoms with Gasteiger partial charge in [0.15, 0.2) is 6.61 Å². The third kappa shape index (κ3) is 4.60. The number of aromatic nitrogens is 2. The van der Waals surface area contributed by atoms with E-state index in [0.29, 0.717) is 29.2 Å². The van der Waals surface area contributed by atoms with Gasteiger partial charge in [0, 0.05) is 12.6 Å². The van der Waals surface area contributed by atoms with Gasteiger partial charge in [-0.1, -0.05) is 19.1 Å². The maximum Gasteiger partial charge on any atom is 0.344 e. The molecule has 0 bridgehead atoms. The van der Waals surface area contributed by atoms with E-state index in [9.17, 15) is 14.4 Å². The first-order valence-corrected chi connectivity index (χ1v) is 11.0. The molecule has 0 fully saturated rings. The third-order valence-corrected chi connectivity index (χ3v) is 5.20. The average Bonchev–Trinajstić information content (AvgIpc) is 3.22. The Labute approximate surface area is 192 Å². The molecule has 33 heavy (non-hydrogen) atoms. The van der Waals surface area contributed by atoms with E-state index in [1.54, 1.807) is 57.2 Å². The van der Waals surface area contributed by atoms with Gasteiger partial charge < -0.3 is 14.0 Å². The van der Waals surface area contributed by atoms with Crippen molar-refractivity contribution < 1.29 is 23.9 Å². The number of ether oxygens (including phenoxy) is 2. The first-order valence-electron chi connectivity index (χ1n) is 11.0. The summed E-state index contributed by atoms with van der Waals surface area (Å²) in [6, 6.07) is 12.2. The molecule has 0 radical (unpaired) electrons. The van der Waals surface area contributed by atoms with Crippen LogP contribution in [0.5, 0.6) is 5.75 Å². The molecule has 2 amide bonds. The molecule has 2 heterocycles. The summed E-state index contributed by atoms with van der Waals surface area (Å²) in [5.41, 5.74) is 1.78. The van der Waals surface area contributed by atoms with Crippen molar-refractivity contribution in [3.05, 3.63) is 59.4 Å². The Morgan fingerprint density at radius 1 is 1.03 bits per heavy atom. The van der Waals surface area contributed by atoms with Gasteiger partial charge in [0.05, 0.1) is 28.7 Å². The number of carbonyl (C=O) groups excluding carboxylic acids is 3. The van der Waals surface area contributed by atoms with Crippen LogP contribution in [0.3, 0.4) is 0 Å². The fourth-order valence-electron chi connectivity index (χ4n) is 3.87. The lowest BCUT2D eigenvalue weighted by atomic mass is 10.1. The second kappa shape index (κ2) is 8.69. The predicted molar refractivity (Wildman–Crippen MR) is 122 cm³/mol. The number of hydrogen-bond acceptors (Lipinski definition) is 6. The Morgan fingerprint density at radius 3 is 2.30 bits per heavy atom. The van der Waals surface area contributed by atoms with Crippen molar-refractivity contribution in [2.24, 2.45) is 0 Å². The van der Waals surface area contributed by atoms with Gasteiger partial charge in [0.25, 0.3) is 11.8 Å². The monoisotopic (exact) mass is 449 g/mol. The van der Waals surface area contributed by atoms with Crippen molar-refractivity contribution >= 4 is 28.8 Å². The smallest absolute Gasteiger partial charge is 0.344 e. The molecule has 0 spiro atoms. The van der Waals surface area contributed by atoms with Crippen molar-refractivity contribution in [3.63, 3.8) is 0 Å².